The van der Waals surface area contributed by atoms with Crippen molar-refractivity contribution >= 4 is 0 Å². The number of benzene rings is 1. The molecule has 0 aromatic heterocycles. The molecule has 6 unspecified atom stereocenters. The molecule has 0 bridgehead atoms. The van der Waals surface area contributed by atoms with E-state index in [2.05, 4.69) is 26.8 Å². The van der Waals surface area contributed by atoms with Crippen molar-refractivity contribution in [2.75, 3.05) is 0 Å². The molecule has 1 heteroatoms. The lowest BCUT2D eigenvalue weighted by Gasteiger charge is -2.53. The minimum atomic E-state index is 0.440. The smallest absolute Gasteiger partial charge is 0.115 e. The summed E-state index contributed by atoms with van der Waals surface area (Å²) in [6.45, 7) is 7.54. The molecule has 0 heterocycles. The maximum absolute atomic E-state index is 9.78. The van der Waals surface area contributed by atoms with Gasteiger partial charge in [0.1, 0.15) is 5.75 Å². The van der Waals surface area contributed by atoms with Gasteiger partial charge in [-0.2, -0.15) is 0 Å². The highest BCUT2D eigenvalue weighted by Gasteiger charge is 2.55. The third-order valence-corrected chi connectivity index (χ3v) is 7.47. The first-order valence-corrected chi connectivity index (χ1v) is 8.82. The average molecular weight is 284 g/mol. The van der Waals surface area contributed by atoms with Crippen molar-refractivity contribution in [1.29, 1.82) is 0 Å². The van der Waals surface area contributed by atoms with E-state index in [1.165, 1.54) is 37.7 Å². The van der Waals surface area contributed by atoms with Crippen molar-refractivity contribution in [1.82, 2.24) is 0 Å². The molecule has 21 heavy (non-hydrogen) atoms. The SMILES string of the molecule is CC1CC2(C)C(C)CCC2C2CCc3cc(O)ccc3C12. The van der Waals surface area contributed by atoms with E-state index in [1.54, 1.807) is 5.56 Å². The number of aromatic hydroxyl groups is 1. The standard InChI is InChI=1S/C20H28O/c1-12-11-20(3)13(2)4-9-18(20)17-7-5-14-10-15(21)6-8-16(14)19(12)17/h6,8,10,12-13,17-19,21H,4-5,7,9,11H2,1-3H3. The van der Waals surface area contributed by atoms with Gasteiger partial charge in [-0.25, -0.2) is 0 Å². The van der Waals surface area contributed by atoms with Gasteiger partial charge in [0.2, 0.25) is 0 Å². The minimum Gasteiger partial charge on any atom is -0.508 e. The topological polar surface area (TPSA) is 20.2 Å². The fourth-order valence-electron chi connectivity index (χ4n) is 6.38. The minimum absolute atomic E-state index is 0.440. The van der Waals surface area contributed by atoms with Crippen LogP contribution in [0.4, 0.5) is 0 Å². The molecular weight excluding hydrogens is 256 g/mol. The fraction of sp³-hybridized carbons (Fsp3) is 0.700. The van der Waals surface area contributed by atoms with Gasteiger partial charge in [-0.05, 0) is 90.4 Å². The molecule has 1 N–H and O–H groups in total. The second-order valence-electron chi connectivity index (χ2n) is 8.38. The molecule has 3 aliphatic carbocycles. The van der Waals surface area contributed by atoms with E-state index < -0.39 is 0 Å². The highest BCUT2D eigenvalue weighted by molar-refractivity contribution is 5.40. The maximum atomic E-state index is 9.78. The number of phenolic OH excluding ortho intramolecular Hbond substituents is 1. The molecule has 2 saturated carbocycles. The Morgan fingerprint density at radius 2 is 1.95 bits per heavy atom. The zero-order valence-corrected chi connectivity index (χ0v) is 13.6. The number of aryl methyl sites for hydroxylation is 1. The first kappa shape index (κ1) is 13.7. The van der Waals surface area contributed by atoms with Crippen LogP contribution in [0.3, 0.4) is 0 Å². The van der Waals surface area contributed by atoms with Crippen molar-refractivity contribution in [2.45, 2.75) is 58.8 Å². The summed E-state index contributed by atoms with van der Waals surface area (Å²) < 4.78 is 0. The largest absolute Gasteiger partial charge is 0.508 e. The Morgan fingerprint density at radius 1 is 1.14 bits per heavy atom. The van der Waals surface area contributed by atoms with Crippen molar-refractivity contribution in [3.8, 4) is 5.75 Å². The highest BCUT2D eigenvalue weighted by atomic mass is 16.3. The van der Waals surface area contributed by atoms with Crippen molar-refractivity contribution in [2.24, 2.45) is 29.1 Å². The zero-order valence-electron chi connectivity index (χ0n) is 13.6. The Balaban J connectivity index is 1.76. The molecule has 6 atom stereocenters. The summed E-state index contributed by atoms with van der Waals surface area (Å²) in [6, 6.07) is 6.14. The molecule has 2 fully saturated rings. The van der Waals surface area contributed by atoms with Gasteiger partial charge in [0, 0.05) is 0 Å². The molecule has 1 nitrogen and oxygen atoms in total. The van der Waals surface area contributed by atoms with Gasteiger partial charge in [-0.3, -0.25) is 0 Å². The van der Waals surface area contributed by atoms with Crippen molar-refractivity contribution in [3.05, 3.63) is 29.3 Å². The van der Waals surface area contributed by atoms with Crippen LogP contribution in [0.1, 0.15) is 63.5 Å². The van der Waals surface area contributed by atoms with E-state index >= 15 is 0 Å². The average Bonchev–Trinajstić information content (AvgIpc) is 2.74. The number of hydrogen-bond acceptors (Lipinski definition) is 1. The lowest BCUT2D eigenvalue weighted by Crippen LogP contribution is -2.45. The molecule has 4 rings (SSSR count). The Hall–Kier alpha value is -0.980. The summed E-state index contributed by atoms with van der Waals surface area (Å²) in [4.78, 5) is 0. The van der Waals surface area contributed by atoms with Crippen LogP contribution in [0.25, 0.3) is 0 Å². The van der Waals surface area contributed by atoms with Gasteiger partial charge in [0.25, 0.3) is 0 Å². The van der Waals surface area contributed by atoms with Gasteiger partial charge >= 0.3 is 0 Å². The lowest BCUT2D eigenvalue weighted by atomic mass is 9.51. The van der Waals surface area contributed by atoms with Crippen LogP contribution in [0.15, 0.2) is 18.2 Å². The Labute approximate surface area is 128 Å². The molecule has 0 amide bonds. The second-order valence-corrected chi connectivity index (χ2v) is 8.38. The van der Waals surface area contributed by atoms with Crippen LogP contribution < -0.4 is 0 Å². The first-order chi connectivity index (χ1) is 10.0. The molecule has 114 valence electrons. The molecular formula is C20H28O. The van der Waals surface area contributed by atoms with E-state index in [4.69, 9.17) is 0 Å². The summed E-state index contributed by atoms with van der Waals surface area (Å²) in [5.41, 5.74) is 3.55. The Kier molecular flexibility index (Phi) is 2.93. The van der Waals surface area contributed by atoms with E-state index in [1.807, 2.05) is 12.1 Å². The number of rotatable bonds is 0. The normalized spacial score (nSPS) is 44.8. The van der Waals surface area contributed by atoms with E-state index in [9.17, 15) is 5.11 Å². The summed E-state index contributed by atoms with van der Waals surface area (Å²) in [6.07, 6.45) is 6.76. The van der Waals surface area contributed by atoms with Crippen LogP contribution in [0, 0.1) is 29.1 Å². The molecule has 3 aliphatic rings. The Morgan fingerprint density at radius 3 is 2.76 bits per heavy atom. The second kappa shape index (κ2) is 4.51. The van der Waals surface area contributed by atoms with Crippen molar-refractivity contribution in [3.63, 3.8) is 0 Å². The van der Waals surface area contributed by atoms with Crippen LogP contribution >= 0.6 is 0 Å². The Bertz CT molecular complexity index is 563. The third-order valence-electron chi connectivity index (χ3n) is 7.47. The molecule has 1 aromatic carbocycles. The van der Waals surface area contributed by atoms with Crippen LogP contribution in [0.2, 0.25) is 0 Å². The van der Waals surface area contributed by atoms with Crippen molar-refractivity contribution < 1.29 is 5.11 Å². The highest BCUT2D eigenvalue weighted by Crippen LogP contribution is 2.64. The fourth-order valence-corrected chi connectivity index (χ4v) is 6.38. The van der Waals surface area contributed by atoms with Crippen LogP contribution in [0.5, 0.6) is 5.75 Å². The van der Waals surface area contributed by atoms with E-state index in [-0.39, 0.29) is 0 Å². The van der Waals surface area contributed by atoms with Gasteiger partial charge < -0.3 is 5.11 Å². The number of phenols is 1. The molecule has 0 saturated heterocycles. The third kappa shape index (κ3) is 1.82. The van der Waals surface area contributed by atoms with Gasteiger partial charge in [-0.15, -0.1) is 0 Å². The maximum Gasteiger partial charge on any atom is 0.115 e. The molecule has 0 aliphatic heterocycles. The summed E-state index contributed by atoms with van der Waals surface area (Å²) in [5, 5.41) is 9.78. The van der Waals surface area contributed by atoms with Gasteiger partial charge in [0.15, 0.2) is 0 Å². The quantitative estimate of drug-likeness (QED) is 0.700. The summed E-state index contributed by atoms with van der Waals surface area (Å²) in [5.74, 6) is 4.65. The predicted octanol–water partition coefficient (Wildman–Crippen LogP) is 5.13. The number of hydrogen-bond donors (Lipinski definition) is 1. The van der Waals surface area contributed by atoms with E-state index in [0.29, 0.717) is 11.2 Å². The van der Waals surface area contributed by atoms with Crippen LogP contribution in [-0.4, -0.2) is 5.11 Å². The number of fused-ring (bicyclic) bond motifs is 5. The van der Waals surface area contributed by atoms with Gasteiger partial charge in [0.05, 0.1) is 0 Å². The molecule has 1 aromatic rings. The predicted molar refractivity (Wildman–Crippen MR) is 86.4 cm³/mol. The van der Waals surface area contributed by atoms with Crippen LogP contribution in [-0.2, 0) is 6.42 Å². The monoisotopic (exact) mass is 284 g/mol. The zero-order chi connectivity index (χ0) is 14.8. The summed E-state index contributed by atoms with van der Waals surface area (Å²) in [7, 11) is 0. The lowest BCUT2D eigenvalue weighted by molar-refractivity contribution is 0.00113. The van der Waals surface area contributed by atoms with E-state index in [0.717, 1.165) is 29.6 Å². The summed E-state index contributed by atoms with van der Waals surface area (Å²) >= 11 is 0. The molecule has 0 radical (unpaired) electrons. The first-order valence-electron chi connectivity index (χ1n) is 8.82. The van der Waals surface area contributed by atoms with Gasteiger partial charge in [-0.1, -0.05) is 26.8 Å². The molecule has 0 spiro atoms.